The summed E-state index contributed by atoms with van der Waals surface area (Å²) in [6.07, 6.45) is 0.466. The maximum absolute atomic E-state index is 11.7. The summed E-state index contributed by atoms with van der Waals surface area (Å²) in [5, 5.41) is 10.4. The zero-order valence-corrected chi connectivity index (χ0v) is 9.58. The predicted octanol–water partition coefficient (Wildman–Crippen LogP) is 2.06. The Labute approximate surface area is 94.6 Å². The van der Waals surface area contributed by atoms with Gasteiger partial charge in [0.15, 0.2) is 0 Å². The van der Waals surface area contributed by atoms with Crippen LogP contribution in [0.5, 0.6) is 0 Å². The van der Waals surface area contributed by atoms with Crippen LogP contribution < -0.4 is 5.32 Å². The van der Waals surface area contributed by atoms with E-state index in [1.54, 1.807) is 12.4 Å². The monoisotopic (exact) mass is 251 g/mol. The molecule has 1 N–H and O–H groups in total. The van der Waals surface area contributed by atoms with Crippen LogP contribution in [0.25, 0.3) is 0 Å². The molecule has 1 atom stereocenters. The standard InChI is InChI=1S/C7H7Cl2N3OS/c1-6(2-7(6,8)9)4(13)11-5-12-10-3-14-5/h3H,2H2,1H3,(H,11,12,13)/t6-/m0/s1. The van der Waals surface area contributed by atoms with Crippen molar-refractivity contribution in [3.05, 3.63) is 5.51 Å². The van der Waals surface area contributed by atoms with Gasteiger partial charge in [0.2, 0.25) is 11.0 Å². The number of alkyl halides is 2. The van der Waals surface area contributed by atoms with Crippen LogP contribution in [-0.4, -0.2) is 20.4 Å². The van der Waals surface area contributed by atoms with E-state index in [-0.39, 0.29) is 5.91 Å². The van der Waals surface area contributed by atoms with Gasteiger partial charge in [0.25, 0.3) is 0 Å². The molecule has 1 aromatic heterocycles. The largest absolute Gasteiger partial charge is 0.300 e. The van der Waals surface area contributed by atoms with Gasteiger partial charge in [-0.1, -0.05) is 11.3 Å². The molecule has 76 valence electrons. The van der Waals surface area contributed by atoms with Crippen molar-refractivity contribution in [3.63, 3.8) is 0 Å². The summed E-state index contributed by atoms with van der Waals surface area (Å²) < 4.78 is -0.943. The lowest BCUT2D eigenvalue weighted by Gasteiger charge is -2.09. The van der Waals surface area contributed by atoms with Crippen molar-refractivity contribution in [3.8, 4) is 0 Å². The Kier molecular flexibility index (Phi) is 2.21. The molecule has 0 aliphatic heterocycles. The average Bonchev–Trinajstić information content (AvgIpc) is 2.54. The van der Waals surface area contributed by atoms with Crippen LogP contribution in [0, 0.1) is 5.41 Å². The SMILES string of the molecule is C[C@@]1(C(=O)Nc2nncs2)CC1(Cl)Cl. The molecule has 1 fully saturated rings. The maximum atomic E-state index is 11.7. The van der Waals surface area contributed by atoms with Gasteiger partial charge in [-0.3, -0.25) is 10.1 Å². The second kappa shape index (κ2) is 3.05. The molecule has 2 rings (SSSR count). The minimum atomic E-state index is -0.943. The fraction of sp³-hybridized carbons (Fsp3) is 0.571. The number of amides is 1. The van der Waals surface area contributed by atoms with E-state index in [0.29, 0.717) is 11.6 Å². The third-order valence-corrected chi connectivity index (χ3v) is 4.05. The topological polar surface area (TPSA) is 54.9 Å². The summed E-state index contributed by atoms with van der Waals surface area (Å²) in [5.74, 6) is -0.209. The zero-order valence-electron chi connectivity index (χ0n) is 7.25. The number of hydrogen-bond acceptors (Lipinski definition) is 4. The number of nitrogens with zero attached hydrogens (tertiary/aromatic N) is 2. The number of nitrogens with one attached hydrogen (secondary N) is 1. The van der Waals surface area contributed by atoms with E-state index in [1.165, 1.54) is 11.3 Å². The molecule has 0 aromatic carbocycles. The molecule has 0 radical (unpaired) electrons. The third-order valence-electron chi connectivity index (χ3n) is 2.34. The van der Waals surface area contributed by atoms with Crippen molar-refractivity contribution < 1.29 is 4.79 Å². The van der Waals surface area contributed by atoms with E-state index in [9.17, 15) is 4.79 Å². The Morgan fingerprint density at radius 2 is 2.36 bits per heavy atom. The molecule has 1 amide bonds. The first-order chi connectivity index (χ1) is 6.46. The van der Waals surface area contributed by atoms with Gasteiger partial charge in [0.05, 0.1) is 5.41 Å². The average molecular weight is 252 g/mol. The van der Waals surface area contributed by atoms with Crippen LogP contribution in [-0.2, 0) is 4.79 Å². The van der Waals surface area contributed by atoms with Crippen molar-refractivity contribution in [2.45, 2.75) is 17.7 Å². The Bertz CT molecular complexity index is 367. The molecule has 1 aromatic rings. The number of rotatable bonds is 2. The predicted molar refractivity (Wildman–Crippen MR) is 55.7 cm³/mol. The van der Waals surface area contributed by atoms with E-state index in [4.69, 9.17) is 23.2 Å². The van der Waals surface area contributed by atoms with Crippen molar-refractivity contribution in [2.75, 3.05) is 5.32 Å². The molecule has 0 spiro atoms. The van der Waals surface area contributed by atoms with E-state index < -0.39 is 9.75 Å². The van der Waals surface area contributed by atoms with Crippen molar-refractivity contribution >= 4 is 45.6 Å². The molecule has 1 heterocycles. The first-order valence-electron chi connectivity index (χ1n) is 3.91. The van der Waals surface area contributed by atoms with Crippen LogP contribution in [0.3, 0.4) is 0 Å². The zero-order chi connectivity index (χ0) is 10.4. The summed E-state index contributed by atoms with van der Waals surface area (Å²) in [5.41, 5.74) is 0.835. The van der Waals surface area contributed by atoms with Gasteiger partial charge in [-0.25, -0.2) is 0 Å². The quantitative estimate of drug-likeness (QED) is 0.819. The van der Waals surface area contributed by atoms with Crippen molar-refractivity contribution in [1.29, 1.82) is 0 Å². The van der Waals surface area contributed by atoms with Gasteiger partial charge >= 0.3 is 0 Å². The summed E-state index contributed by atoms with van der Waals surface area (Å²) in [4.78, 5) is 11.7. The van der Waals surface area contributed by atoms with Crippen LogP contribution in [0.2, 0.25) is 0 Å². The van der Waals surface area contributed by atoms with Gasteiger partial charge in [-0.2, -0.15) is 0 Å². The van der Waals surface area contributed by atoms with E-state index in [0.717, 1.165) is 0 Å². The highest BCUT2D eigenvalue weighted by Crippen LogP contribution is 2.64. The highest BCUT2D eigenvalue weighted by molar-refractivity contribution is 7.13. The van der Waals surface area contributed by atoms with Gasteiger partial charge < -0.3 is 0 Å². The summed E-state index contributed by atoms with van der Waals surface area (Å²) in [6, 6.07) is 0. The van der Waals surface area contributed by atoms with E-state index in [1.807, 2.05) is 0 Å². The molecular formula is C7H7Cl2N3OS. The molecule has 1 aliphatic carbocycles. The molecule has 4 nitrogen and oxygen atoms in total. The number of carbonyl (C=O) groups excluding carboxylic acids is 1. The molecular weight excluding hydrogens is 245 g/mol. The van der Waals surface area contributed by atoms with Gasteiger partial charge in [0.1, 0.15) is 9.84 Å². The fourth-order valence-electron chi connectivity index (χ4n) is 1.11. The van der Waals surface area contributed by atoms with E-state index >= 15 is 0 Å². The minimum absolute atomic E-state index is 0.209. The molecule has 1 aliphatic rings. The highest BCUT2D eigenvalue weighted by Gasteiger charge is 2.68. The van der Waals surface area contributed by atoms with Gasteiger partial charge in [-0.05, 0) is 13.3 Å². The third kappa shape index (κ3) is 1.49. The minimum Gasteiger partial charge on any atom is -0.300 e. The molecule has 1 saturated carbocycles. The lowest BCUT2D eigenvalue weighted by atomic mass is 10.1. The van der Waals surface area contributed by atoms with Crippen LogP contribution in [0.1, 0.15) is 13.3 Å². The Hall–Kier alpha value is -0.390. The molecule has 0 saturated heterocycles. The molecule has 14 heavy (non-hydrogen) atoms. The second-order valence-electron chi connectivity index (χ2n) is 3.41. The fourth-order valence-corrected chi connectivity index (χ4v) is 2.26. The second-order valence-corrected chi connectivity index (χ2v) is 5.73. The molecule has 0 bridgehead atoms. The lowest BCUT2D eigenvalue weighted by Crippen LogP contribution is -2.25. The number of aromatic nitrogens is 2. The van der Waals surface area contributed by atoms with Crippen molar-refractivity contribution in [2.24, 2.45) is 5.41 Å². The normalized spacial score (nSPS) is 28.5. The summed E-state index contributed by atoms with van der Waals surface area (Å²) >= 11 is 13.0. The maximum Gasteiger partial charge on any atom is 0.235 e. The van der Waals surface area contributed by atoms with Crippen molar-refractivity contribution in [1.82, 2.24) is 10.2 Å². The number of hydrogen-bond donors (Lipinski definition) is 1. The van der Waals surface area contributed by atoms with E-state index in [2.05, 4.69) is 15.5 Å². The Morgan fingerprint density at radius 3 is 2.79 bits per heavy atom. The smallest absolute Gasteiger partial charge is 0.235 e. The Balaban J connectivity index is 2.05. The number of carbonyl (C=O) groups is 1. The first-order valence-corrected chi connectivity index (χ1v) is 5.55. The summed E-state index contributed by atoms with van der Waals surface area (Å²) in [7, 11) is 0. The van der Waals surface area contributed by atoms with Crippen LogP contribution >= 0.6 is 34.5 Å². The van der Waals surface area contributed by atoms with Gasteiger partial charge in [0, 0.05) is 0 Å². The first kappa shape index (κ1) is 10.1. The highest BCUT2D eigenvalue weighted by atomic mass is 35.5. The van der Waals surface area contributed by atoms with Crippen LogP contribution in [0.15, 0.2) is 5.51 Å². The lowest BCUT2D eigenvalue weighted by molar-refractivity contribution is -0.120. The summed E-state index contributed by atoms with van der Waals surface area (Å²) in [6.45, 7) is 1.73. The Morgan fingerprint density at radius 1 is 1.71 bits per heavy atom. The molecule has 0 unspecified atom stereocenters. The van der Waals surface area contributed by atoms with Gasteiger partial charge in [-0.15, -0.1) is 33.4 Å². The van der Waals surface area contributed by atoms with Crippen LogP contribution in [0.4, 0.5) is 5.13 Å². The molecule has 7 heteroatoms. The number of anilines is 1. The number of halogens is 2.